The molecule has 0 saturated heterocycles. The summed E-state index contributed by atoms with van der Waals surface area (Å²) in [5.41, 5.74) is 2.18. The molecule has 2 rings (SSSR count). The molecule has 0 aliphatic heterocycles. The number of hydrogen-bond acceptors (Lipinski definition) is 3. The van der Waals surface area contributed by atoms with Gasteiger partial charge in [-0.05, 0) is 50.2 Å². The van der Waals surface area contributed by atoms with Crippen LogP contribution in [0.4, 0.5) is 5.69 Å². The van der Waals surface area contributed by atoms with E-state index in [0.29, 0.717) is 35.5 Å². The number of anilines is 1. The van der Waals surface area contributed by atoms with Crippen LogP contribution in [-0.2, 0) is 0 Å². The zero-order chi connectivity index (χ0) is 17.5. The molecule has 1 N–H and O–H groups in total. The third-order valence-corrected chi connectivity index (χ3v) is 3.75. The van der Waals surface area contributed by atoms with Crippen LogP contribution in [0.2, 0.25) is 0 Å². The Balaban J connectivity index is 2.06. The minimum Gasteiger partial charge on any atom is -0.339 e. The lowest BCUT2D eigenvalue weighted by molar-refractivity contribution is 0.0772. The topological polar surface area (TPSA) is 66.5 Å². The highest BCUT2D eigenvalue weighted by atomic mass is 16.2. The fourth-order valence-corrected chi connectivity index (χ4v) is 2.31. The number of nitrogens with zero attached hydrogens (tertiary/aromatic N) is 1. The first-order valence-electron chi connectivity index (χ1n) is 7.85. The summed E-state index contributed by atoms with van der Waals surface area (Å²) >= 11 is 0. The summed E-state index contributed by atoms with van der Waals surface area (Å²) in [5.74, 6) is -0.294. The van der Waals surface area contributed by atoms with Crippen molar-refractivity contribution in [1.82, 2.24) is 4.90 Å². The smallest absolute Gasteiger partial charge is 0.255 e. The molecule has 0 aliphatic rings. The molecule has 0 unspecified atom stereocenters. The zero-order valence-corrected chi connectivity index (χ0v) is 13.8. The zero-order valence-electron chi connectivity index (χ0n) is 13.8. The Labute approximate surface area is 141 Å². The van der Waals surface area contributed by atoms with Crippen LogP contribution in [0.1, 0.15) is 44.9 Å². The number of nitrogens with one attached hydrogen (secondary N) is 1. The first-order chi connectivity index (χ1) is 11.6. The van der Waals surface area contributed by atoms with E-state index in [2.05, 4.69) is 5.32 Å². The molecule has 124 valence electrons. The Bertz CT molecular complexity index is 717. The van der Waals surface area contributed by atoms with Crippen LogP contribution in [0.5, 0.6) is 0 Å². The number of aldehydes is 1. The summed E-state index contributed by atoms with van der Waals surface area (Å²) in [7, 11) is 0. The van der Waals surface area contributed by atoms with Gasteiger partial charge in [-0.15, -0.1) is 0 Å². The Morgan fingerprint density at radius 1 is 0.917 bits per heavy atom. The summed E-state index contributed by atoms with van der Waals surface area (Å²) in [6, 6.07) is 13.2. The van der Waals surface area contributed by atoms with E-state index in [4.69, 9.17) is 0 Å². The van der Waals surface area contributed by atoms with Crippen molar-refractivity contribution in [3.05, 3.63) is 65.2 Å². The molecule has 2 aromatic rings. The fourth-order valence-electron chi connectivity index (χ4n) is 2.31. The lowest BCUT2D eigenvalue weighted by Gasteiger charge is -2.18. The van der Waals surface area contributed by atoms with E-state index >= 15 is 0 Å². The van der Waals surface area contributed by atoms with Crippen LogP contribution in [0.25, 0.3) is 0 Å². The molecule has 5 heteroatoms. The highest BCUT2D eigenvalue weighted by molar-refractivity contribution is 6.04. The highest BCUT2D eigenvalue weighted by Gasteiger charge is 2.12. The van der Waals surface area contributed by atoms with Crippen LogP contribution in [-0.4, -0.2) is 36.1 Å². The van der Waals surface area contributed by atoms with Gasteiger partial charge in [0.15, 0.2) is 0 Å². The Hall–Kier alpha value is -2.95. The number of carbonyl (C=O) groups is 3. The van der Waals surface area contributed by atoms with E-state index in [1.165, 1.54) is 0 Å². The number of benzene rings is 2. The van der Waals surface area contributed by atoms with E-state index in [1.807, 2.05) is 13.8 Å². The average Bonchev–Trinajstić information content (AvgIpc) is 2.63. The van der Waals surface area contributed by atoms with Gasteiger partial charge in [-0.3, -0.25) is 14.4 Å². The molecule has 0 spiro atoms. The van der Waals surface area contributed by atoms with Crippen LogP contribution >= 0.6 is 0 Å². The Morgan fingerprint density at radius 3 is 1.96 bits per heavy atom. The summed E-state index contributed by atoms with van der Waals surface area (Å²) in [6.07, 6.45) is 0.729. The first-order valence-corrected chi connectivity index (χ1v) is 7.85. The third kappa shape index (κ3) is 4.07. The van der Waals surface area contributed by atoms with E-state index in [0.717, 1.165) is 6.29 Å². The first kappa shape index (κ1) is 17.4. The van der Waals surface area contributed by atoms with Gasteiger partial charge >= 0.3 is 0 Å². The molecule has 0 atom stereocenters. The molecule has 0 aliphatic carbocycles. The van der Waals surface area contributed by atoms with E-state index in [9.17, 15) is 14.4 Å². The molecule has 0 saturated carbocycles. The monoisotopic (exact) mass is 324 g/mol. The average molecular weight is 324 g/mol. The second kappa shape index (κ2) is 8.06. The molecule has 0 radical (unpaired) electrons. The Morgan fingerprint density at radius 2 is 1.46 bits per heavy atom. The molecule has 2 aromatic carbocycles. The molecular weight excluding hydrogens is 304 g/mol. The number of amides is 2. The van der Waals surface area contributed by atoms with Gasteiger partial charge in [-0.2, -0.15) is 0 Å². The van der Waals surface area contributed by atoms with Gasteiger partial charge in [0.05, 0.1) is 0 Å². The summed E-state index contributed by atoms with van der Waals surface area (Å²) in [6.45, 7) is 5.19. The second-order valence-corrected chi connectivity index (χ2v) is 5.25. The SMILES string of the molecule is CCN(CC)C(=O)c1ccc(NC(=O)c2ccc(C=O)cc2)cc1. The van der Waals surface area contributed by atoms with Crippen molar-refractivity contribution in [2.45, 2.75) is 13.8 Å². The fraction of sp³-hybridized carbons (Fsp3) is 0.211. The molecular formula is C19H20N2O3. The molecule has 0 bridgehead atoms. The molecule has 0 aromatic heterocycles. The number of hydrogen-bond donors (Lipinski definition) is 1. The third-order valence-electron chi connectivity index (χ3n) is 3.75. The molecule has 0 heterocycles. The maximum atomic E-state index is 12.2. The maximum Gasteiger partial charge on any atom is 0.255 e. The maximum absolute atomic E-state index is 12.2. The van der Waals surface area contributed by atoms with Crippen LogP contribution < -0.4 is 5.32 Å². The van der Waals surface area contributed by atoms with E-state index in [-0.39, 0.29) is 11.8 Å². The standard InChI is InChI=1S/C19H20N2O3/c1-3-21(4-2)19(24)16-9-11-17(12-10-16)20-18(23)15-7-5-14(13-22)6-8-15/h5-13H,3-4H2,1-2H3,(H,20,23). The molecule has 0 fully saturated rings. The highest BCUT2D eigenvalue weighted by Crippen LogP contribution is 2.13. The predicted octanol–water partition coefficient (Wildman–Crippen LogP) is 3.23. The van der Waals surface area contributed by atoms with Crippen molar-refractivity contribution < 1.29 is 14.4 Å². The van der Waals surface area contributed by atoms with Crippen LogP contribution in [0.3, 0.4) is 0 Å². The van der Waals surface area contributed by atoms with E-state index < -0.39 is 0 Å². The van der Waals surface area contributed by atoms with Gasteiger partial charge in [0.25, 0.3) is 11.8 Å². The van der Waals surface area contributed by atoms with Crippen molar-refractivity contribution in [3.63, 3.8) is 0 Å². The minimum absolute atomic E-state index is 0.0256. The van der Waals surface area contributed by atoms with E-state index in [1.54, 1.807) is 53.4 Å². The lowest BCUT2D eigenvalue weighted by atomic mass is 10.1. The number of rotatable bonds is 6. The minimum atomic E-state index is -0.268. The summed E-state index contributed by atoms with van der Waals surface area (Å²) in [5, 5.41) is 2.77. The van der Waals surface area contributed by atoms with Gasteiger partial charge in [0, 0.05) is 35.5 Å². The number of carbonyl (C=O) groups excluding carboxylic acids is 3. The van der Waals surface area contributed by atoms with Crippen molar-refractivity contribution >= 4 is 23.8 Å². The van der Waals surface area contributed by atoms with Crippen LogP contribution in [0.15, 0.2) is 48.5 Å². The van der Waals surface area contributed by atoms with Crippen LogP contribution in [0, 0.1) is 0 Å². The lowest BCUT2D eigenvalue weighted by Crippen LogP contribution is -2.30. The van der Waals surface area contributed by atoms with Gasteiger partial charge < -0.3 is 10.2 Å². The van der Waals surface area contributed by atoms with Crippen molar-refractivity contribution in [2.75, 3.05) is 18.4 Å². The van der Waals surface area contributed by atoms with Crippen molar-refractivity contribution in [1.29, 1.82) is 0 Å². The normalized spacial score (nSPS) is 10.1. The summed E-state index contributed by atoms with van der Waals surface area (Å²) in [4.78, 5) is 36.8. The predicted molar refractivity (Wildman–Crippen MR) is 93.5 cm³/mol. The second-order valence-electron chi connectivity index (χ2n) is 5.25. The quantitative estimate of drug-likeness (QED) is 0.830. The van der Waals surface area contributed by atoms with Gasteiger partial charge in [0.1, 0.15) is 6.29 Å². The van der Waals surface area contributed by atoms with Gasteiger partial charge in [-0.25, -0.2) is 0 Å². The van der Waals surface area contributed by atoms with Gasteiger partial charge in [0.2, 0.25) is 0 Å². The van der Waals surface area contributed by atoms with Crippen molar-refractivity contribution in [2.24, 2.45) is 0 Å². The van der Waals surface area contributed by atoms with Crippen molar-refractivity contribution in [3.8, 4) is 0 Å². The largest absolute Gasteiger partial charge is 0.339 e. The summed E-state index contributed by atoms with van der Waals surface area (Å²) < 4.78 is 0. The van der Waals surface area contributed by atoms with Gasteiger partial charge in [-0.1, -0.05) is 12.1 Å². The Kier molecular flexibility index (Phi) is 5.84. The molecule has 24 heavy (non-hydrogen) atoms. The molecule has 5 nitrogen and oxygen atoms in total. The molecule has 2 amide bonds.